The smallest absolute Gasteiger partial charge is 0.255 e. The van der Waals surface area contributed by atoms with Gasteiger partial charge in [0, 0.05) is 46.9 Å². The SMILES string of the molecule is C=C1C=CC(NC(=O)c2ccc(OC3=CC(Cl)=CCC=N3)cc2)=CN1/C(C)=C(\C)CC. The van der Waals surface area contributed by atoms with E-state index >= 15 is 0 Å². The van der Waals surface area contributed by atoms with Gasteiger partial charge in [-0.25, -0.2) is 4.99 Å². The number of allylic oxidation sites excluding steroid dienone is 7. The highest BCUT2D eigenvalue weighted by Gasteiger charge is 2.15. The monoisotopic (exact) mass is 435 g/mol. The molecule has 0 bridgehead atoms. The van der Waals surface area contributed by atoms with Crippen molar-refractivity contribution in [3.8, 4) is 5.75 Å². The van der Waals surface area contributed by atoms with E-state index < -0.39 is 0 Å². The molecule has 0 saturated carbocycles. The quantitative estimate of drug-likeness (QED) is 0.581. The number of rotatable bonds is 6. The van der Waals surface area contributed by atoms with Gasteiger partial charge in [0.05, 0.1) is 5.70 Å². The summed E-state index contributed by atoms with van der Waals surface area (Å²) in [7, 11) is 0. The molecule has 1 aromatic carbocycles. The Hall–Kier alpha value is -3.31. The first kappa shape index (κ1) is 22.4. The van der Waals surface area contributed by atoms with E-state index in [1.807, 2.05) is 29.3 Å². The van der Waals surface area contributed by atoms with Gasteiger partial charge in [0.2, 0.25) is 5.88 Å². The van der Waals surface area contributed by atoms with Crippen LogP contribution < -0.4 is 10.1 Å². The van der Waals surface area contributed by atoms with Gasteiger partial charge >= 0.3 is 0 Å². The van der Waals surface area contributed by atoms with Crippen molar-refractivity contribution in [2.24, 2.45) is 4.99 Å². The van der Waals surface area contributed by atoms with Gasteiger partial charge in [0.1, 0.15) is 5.75 Å². The Bertz CT molecular complexity index is 1060. The molecule has 0 aliphatic carbocycles. The Labute approximate surface area is 188 Å². The highest BCUT2D eigenvalue weighted by molar-refractivity contribution is 6.31. The van der Waals surface area contributed by atoms with Crippen LogP contribution in [-0.2, 0) is 0 Å². The Morgan fingerprint density at radius 1 is 1.26 bits per heavy atom. The van der Waals surface area contributed by atoms with Crippen molar-refractivity contribution in [3.05, 3.63) is 100 Å². The van der Waals surface area contributed by atoms with Crippen LogP contribution in [0.15, 0.2) is 99.9 Å². The van der Waals surface area contributed by atoms with E-state index in [-0.39, 0.29) is 5.91 Å². The van der Waals surface area contributed by atoms with Gasteiger partial charge in [-0.1, -0.05) is 36.8 Å². The van der Waals surface area contributed by atoms with Crippen LogP contribution in [0.1, 0.15) is 44.0 Å². The zero-order chi connectivity index (χ0) is 22.4. The van der Waals surface area contributed by atoms with Gasteiger partial charge in [0.15, 0.2) is 0 Å². The predicted molar refractivity (Wildman–Crippen MR) is 127 cm³/mol. The minimum Gasteiger partial charge on any atom is -0.439 e. The van der Waals surface area contributed by atoms with Gasteiger partial charge in [0.25, 0.3) is 5.91 Å². The number of benzene rings is 1. The molecule has 3 rings (SSSR count). The first-order chi connectivity index (χ1) is 14.9. The van der Waals surface area contributed by atoms with E-state index in [0.29, 0.717) is 34.3 Å². The fourth-order valence-electron chi connectivity index (χ4n) is 2.96. The number of aliphatic imine (C=N–C) groups is 1. The maximum atomic E-state index is 12.7. The van der Waals surface area contributed by atoms with E-state index in [0.717, 1.165) is 17.8 Å². The molecule has 6 heteroatoms. The molecule has 0 radical (unpaired) electrons. The molecule has 0 spiro atoms. The van der Waals surface area contributed by atoms with Crippen molar-refractivity contribution < 1.29 is 9.53 Å². The van der Waals surface area contributed by atoms with Crippen LogP contribution in [0.5, 0.6) is 5.75 Å². The number of halogens is 1. The third-order valence-corrected chi connectivity index (χ3v) is 5.30. The van der Waals surface area contributed by atoms with Crippen molar-refractivity contribution in [1.82, 2.24) is 10.2 Å². The Balaban J connectivity index is 1.69. The Morgan fingerprint density at radius 3 is 2.71 bits per heavy atom. The molecule has 0 aromatic heterocycles. The summed E-state index contributed by atoms with van der Waals surface area (Å²) in [6.07, 6.45) is 12.5. The maximum Gasteiger partial charge on any atom is 0.255 e. The first-order valence-corrected chi connectivity index (χ1v) is 10.5. The largest absolute Gasteiger partial charge is 0.439 e. The average molecular weight is 436 g/mol. The summed E-state index contributed by atoms with van der Waals surface area (Å²) in [4.78, 5) is 18.9. The number of carbonyl (C=O) groups is 1. The van der Waals surface area contributed by atoms with E-state index in [1.165, 1.54) is 5.57 Å². The van der Waals surface area contributed by atoms with Crippen LogP contribution in [-0.4, -0.2) is 17.0 Å². The second kappa shape index (κ2) is 10.1. The van der Waals surface area contributed by atoms with Gasteiger partial charge < -0.3 is 15.0 Å². The number of carbonyl (C=O) groups excluding carboxylic acids is 1. The van der Waals surface area contributed by atoms with Crippen LogP contribution >= 0.6 is 11.6 Å². The zero-order valence-corrected chi connectivity index (χ0v) is 18.7. The number of ether oxygens (including phenoxy) is 1. The van der Waals surface area contributed by atoms with Crippen LogP contribution in [0.4, 0.5) is 0 Å². The molecule has 1 amide bonds. The normalized spacial score (nSPS) is 16.7. The van der Waals surface area contributed by atoms with Gasteiger partial charge in [-0.05, 0) is 56.7 Å². The summed E-state index contributed by atoms with van der Waals surface area (Å²) in [6.45, 7) is 10.3. The van der Waals surface area contributed by atoms with E-state index in [2.05, 4.69) is 37.7 Å². The standard InChI is InChI=1S/C25H26ClN3O2/c1-5-17(2)19(4)29-16-22(11-8-18(29)3)28-25(30)20-9-12-23(13-10-20)31-24-15-21(26)7-6-14-27-24/h7-16H,3,5-6H2,1-2,4H3,(H,28,30)/b19-17+. The summed E-state index contributed by atoms with van der Waals surface area (Å²) in [5.74, 6) is 0.766. The number of nitrogens with zero attached hydrogens (tertiary/aromatic N) is 2. The average Bonchev–Trinajstić information content (AvgIpc) is 2.98. The topological polar surface area (TPSA) is 53.9 Å². The van der Waals surface area contributed by atoms with Crippen LogP contribution in [0.2, 0.25) is 0 Å². The van der Waals surface area contributed by atoms with Crippen molar-refractivity contribution in [2.75, 3.05) is 0 Å². The molecule has 0 saturated heterocycles. The predicted octanol–water partition coefficient (Wildman–Crippen LogP) is 6.16. The van der Waals surface area contributed by atoms with Crippen molar-refractivity contribution in [3.63, 3.8) is 0 Å². The number of nitrogens with one attached hydrogen (secondary N) is 1. The molecule has 0 fully saturated rings. The lowest BCUT2D eigenvalue weighted by molar-refractivity contribution is 0.0966. The lowest BCUT2D eigenvalue weighted by Crippen LogP contribution is -2.26. The third-order valence-electron chi connectivity index (χ3n) is 5.04. The maximum absolute atomic E-state index is 12.7. The number of hydrogen-bond donors (Lipinski definition) is 1. The molecular formula is C25H26ClN3O2. The van der Waals surface area contributed by atoms with Crippen LogP contribution in [0.25, 0.3) is 0 Å². The molecule has 5 nitrogen and oxygen atoms in total. The van der Waals surface area contributed by atoms with Crippen LogP contribution in [0, 0.1) is 0 Å². The van der Waals surface area contributed by atoms with Gasteiger partial charge in [-0.3, -0.25) is 4.79 Å². The lowest BCUT2D eigenvalue weighted by Gasteiger charge is -2.27. The fourth-order valence-corrected chi connectivity index (χ4v) is 3.14. The van der Waals surface area contributed by atoms with E-state index in [9.17, 15) is 4.79 Å². The molecule has 31 heavy (non-hydrogen) atoms. The summed E-state index contributed by atoms with van der Waals surface area (Å²) in [5, 5.41) is 3.52. The minimum atomic E-state index is -0.207. The number of amides is 1. The Kier molecular flexibility index (Phi) is 7.32. The molecule has 0 atom stereocenters. The second-order valence-electron chi connectivity index (χ2n) is 7.20. The fraction of sp³-hybridized carbons (Fsp3) is 0.200. The summed E-state index contributed by atoms with van der Waals surface area (Å²) >= 11 is 6.05. The molecule has 0 unspecified atom stereocenters. The molecule has 2 heterocycles. The summed E-state index contributed by atoms with van der Waals surface area (Å²) < 4.78 is 5.74. The van der Waals surface area contributed by atoms with Crippen molar-refractivity contribution in [2.45, 2.75) is 33.6 Å². The molecule has 2 aliphatic heterocycles. The second-order valence-corrected chi connectivity index (χ2v) is 7.63. The summed E-state index contributed by atoms with van der Waals surface area (Å²) in [5.41, 5.74) is 4.44. The molecule has 1 N–H and O–H groups in total. The van der Waals surface area contributed by atoms with Gasteiger partial charge in [-0.15, -0.1) is 0 Å². The zero-order valence-electron chi connectivity index (χ0n) is 18.0. The number of hydrogen-bond acceptors (Lipinski definition) is 4. The molecule has 160 valence electrons. The molecular weight excluding hydrogens is 410 g/mol. The van der Waals surface area contributed by atoms with Crippen molar-refractivity contribution >= 4 is 23.7 Å². The van der Waals surface area contributed by atoms with Gasteiger partial charge in [-0.2, -0.15) is 0 Å². The first-order valence-electron chi connectivity index (χ1n) is 10.1. The van der Waals surface area contributed by atoms with E-state index in [1.54, 1.807) is 36.6 Å². The lowest BCUT2D eigenvalue weighted by atomic mass is 10.1. The Morgan fingerprint density at radius 2 is 2.00 bits per heavy atom. The highest BCUT2D eigenvalue weighted by atomic mass is 35.5. The molecule has 2 aliphatic rings. The van der Waals surface area contributed by atoms with Crippen molar-refractivity contribution in [1.29, 1.82) is 0 Å². The summed E-state index contributed by atoms with van der Waals surface area (Å²) in [6, 6.07) is 6.87. The minimum absolute atomic E-state index is 0.207. The third kappa shape index (κ3) is 5.86. The highest BCUT2D eigenvalue weighted by Crippen LogP contribution is 2.23. The molecule has 1 aromatic rings. The van der Waals surface area contributed by atoms with E-state index in [4.69, 9.17) is 16.3 Å². The van der Waals surface area contributed by atoms with Crippen LogP contribution in [0.3, 0.4) is 0 Å².